The van der Waals surface area contributed by atoms with E-state index in [1.807, 2.05) is 0 Å². The molecule has 0 unspecified atom stereocenters. The van der Waals surface area contributed by atoms with Crippen LogP contribution in [0.15, 0.2) is 39.9 Å². The molecule has 1 aromatic carbocycles. The van der Waals surface area contributed by atoms with Crippen molar-refractivity contribution in [3.63, 3.8) is 0 Å². The van der Waals surface area contributed by atoms with Gasteiger partial charge in [-0.3, -0.25) is 5.43 Å². The molecule has 0 saturated heterocycles. The van der Waals surface area contributed by atoms with Crippen molar-refractivity contribution in [2.75, 3.05) is 19.5 Å². The molecule has 1 aromatic heterocycles. The zero-order valence-corrected chi connectivity index (χ0v) is 15.6. The van der Waals surface area contributed by atoms with Gasteiger partial charge >= 0.3 is 0 Å². The van der Waals surface area contributed by atoms with Crippen molar-refractivity contribution in [2.24, 2.45) is 5.10 Å². The maximum atomic E-state index is 12.1. The summed E-state index contributed by atoms with van der Waals surface area (Å²) in [6.07, 6.45) is 1.40. The zero-order valence-electron chi connectivity index (χ0n) is 14.0. The molecule has 0 aliphatic heterocycles. The third kappa shape index (κ3) is 6.19. The molecule has 0 amide bonds. The highest BCUT2D eigenvalue weighted by Gasteiger charge is 2.07. The van der Waals surface area contributed by atoms with E-state index in [2.05, 4.69) is 15.8 Å². The fourth-order valence-electron chi connectivity index (χ4n) is 1.91. The molecular weight excluding hydrogens is 384 g/mol. The van der Waals surface area contributed by atoms with E-state index in [-0.39, 0.29) is 10.9 Å². The number of anilines is 1. The van der Waals surface area contributed by atoms with Gasteiger partial charge in [0.1, 0.15) is 11.5 Å². The van der Waals surface area contributed by atoms with Crippen LogP contribution in [0, 0.1) is 0 Å². The summed E-state index contributed by atoms with van der Waals surface area (Å²) in [5.41, 5.74) is 3.33. The minimum absolute atomic E-state index is 0.0954. The Morgan fingerprint density at radius 3 is 2.73 bits per heavy atom. The van der Waals surface area contributed by atoms with Crippen LogP contribution in [0.5, 0.6) is 11.5 Å². The molecule has 10 heteroatoms. The van der Waals surface area contributed by atoms with E-state index < -0.39 is 5.76 Å². The molecule has 0 radical (unpaired) electrons. The van der Waals surface area contributed by atoms with E-state index in [0.29, 0.717) is 40.5 Å². The quantitative estimate of drug-likeness (QED) is 0.393. The van der Waals surface area contributed by atoms with Crippen LogP contribution in [0.25, 0.3) is 0 Å². The molecule has 0 atom stereocenters. The maximum absolute atomic E-state index is 12.1. The highest BCUT2D eigenvalue weighted by molar-refractivity contribution is 7.98. The monoisotopic (exact) mass is 401 g/mol. The Labute approximate surface area is 158 Å². The molecule has 0 aliphatic rings. The lowest BCUT2D eigenvalue weighted by Crippen LogP contribution is -2.23. The van der Waals surface area contributed by atoms with Gasteiger partial charge < -0.3 is 19.2 Å². The third-order valence-corrected chi connectivity index (χ3v) is 3.93. The van der Waals surface area contributed by atoms with Crippen molar-refractivity contribution >= 4 is 41.0 Å². The number of alkyl halides is 2. The molecule has 0 saturated carbocycles. The molecule has 2 rings (SSSR count). The highest BCUT2D eigenvalue weighted by Crippen LogP contribution is 2.29. The van der Waals surface area contributed by atoms with E-state index in [0.717, 1.165) is 0 Å². The molecule has 0 fully saturated rings. The Balaban J connectivity index is 1.85. The number of benzene rings is 1. The van der Waals surface area contributed by atoms with Crippen LogP contribution in [0.3, 0.4) is 0 Å². The van der Waals surface area contributed by atoms with Gasteiger partial charge in [-0.15, -0.1) is 0 Å². The van der Waals surface area contributed by atoms with Gasteiger partial charge in [0, 0.05) is 11.8 Å². The molecule has 2 aromatic rings. The number of methoxy groups -OCH3 is 2. The van der Waals surface area contributed by atoms with E-state index in [1.165, 1.54) is 6.21 Å². The normalized spacial score (nSPS) is 11.0. The summed E-state index contributed by atoms with van der Waals surface area (Å²) in [5, 5.41) is 7.14. The standard InChI is InChI=1S/C16H17F2N3O3S2/c1-22-13-6-3-10(7-14(13)23-2)20-16(25)21-19-8-11-4-5-12(24-11)9-26-15(17)18/h3-8,15H,9H2,1-2H3,(H2,20,21,25)/b19-8-. The first-order valence-electron chi connectivity index (χ1n) is 7.32. The molecule has 6 nitrogen and oxygen atoms in total. The molecule has 26 heavy (non-hydrogen) atoms. The van der Waals surface area contributed by atoms with Crippen LogP contribution in [-0.4, -0.2) is 31.3 Å². The van der Waals surface area contributed by atoms with Crippen LogP contribution in [0.4, 0.5) is 14.5 Å². The average molecular weight is 401 g/mol. The number of halogens is 2. The molecule has 2 N–H and O–H groups in total. The number of hydrogen-bond donors (Lipinski definition) is 2. The van der Waals surface area contributed by atoms with E-state index in [4.69, 9.17) is 26.1 Å². The minimum Gasteiger partial charge on any atom is -0.493 e. The summed E-state index contributed by atoms with van der Waals surface area (Å²) in [4.78, 5) is 0. The minimum atomic E-state index is -2.43. The van der Waals surface area contributed by atoms with Crippen LogP contribution in [0.2, 0.25) is 0 Å². The summed E-state index contributed by atoms with van der Waals surface area (Å²) in [7, 11) is 3.10. The number of furan rings is 1. The molecule has 0 spiro atoms. The van der Waals surface area contributed by atoms with Crippen molar-refractivity contribution in [2.45, 2.75) is 11.5 Å². The summed E-state index contributed by atoms with van der Waals surface area (Å²) in [5.74, 6) is -0.293. The number of nitrogens with one attached hydrogen (secondary N) is 2. The summed E-state index contributed by atoms with van der Waals surface area (Å²) in [6.45, 7) is 0. The van der Waals surface area contributed by atoms with Crippen LogP contribution >= 0.6 is 24.0 Å². The lowest BCUT2D eigenvalue weighted by Gasteiger charge is -2.11. The summed E-state index contributed by atoms with van der Waals surface area (Å²) >= 11 is 5.64. The second kappa shape index (κ2) is 9.97. The number of thioether (sulfide) groups is 1. The van der Waals surface area contributed by atoms with Gasteiger partial charge in [-0.1, -0.05) is 11.8 Å². The van der Waals surface area contributed by atoms with Gasteiger partial charge in [-0.25, -0.2) is 0 Å². The van der Waals surface area contributed by atoms with Gasteiger partial charge in [-0.2, -0.15) is 13.9 Å². The predicted molar refractivity (Wildman–Crippen MR) is 103 cm³/mol. The first-order valence-corrected chi connectivity index (χ1v) is 8.78. The van der Waals surface area contributed by atoms with Crippen molar-refractivity contribution in [3.8, 4) is 11.5 Å². The van der Waals surface area contributed by atoms with Crippen LogP contribution in [0.1, 0.15) is 11.5 Å². The largest absolute Gasteiger partial charge is 0.493 e. The second-order valence-corrected chi connectivity index (χ2v) is 6.16. The Bertz CT molecular complexity index is 769. The number of nitrogens with zero attached hydrogens (tertiary/aromatic N) is 1. The van der Waals surface area contributed by atoms with Crippen molar-refractivity contribution in [1.82, 2.24) is 5.43 Å². The summed E-state index contributed by atoms with van der Waals surface area (Å²) in [6, 6.07) is 8.51. The van der Waals surface area contributed by atoms with E-state index >= 15 is 0 Å². The van der Waals surface area contributed by atoms with E-state index in [1.54, 1.807) is 44.6 Å². The van der Waals surface area contributed by atoms with Crippen molar-refractivity contribution in [1.29, 1.82) is 0 Å². The van der Waals surface area contributed by atoms with Gasteiger partial charge in [-0.05, 0) is 36.5 Å². The number of ether oxygens (including phenoxy) is 2. The van der Waals surface area contributed by atoms with E-state index in [9.17, 15) is 8.78 Å². The van der Waals surface area contributed by atoms with Crippen molar-refractivity contribution in [3.05, 3.63) is 41.9 Å². The first-order chi connectivity index (χ1) is 12.5. The second-order valence-electron chi connectivity index (χ2n) is 4.77. The Kier molecular flexibility index (Phi) is 7.67. The predicted octanol–water partition coefficient (Wildman–Crippen LogP) is 4.07. The molecule has 1 heterocycles. The lowest BCUT2D eigenvalue weighted by molar-refractivity contribution is 0.251. The van der Waals surface area contributed by atoms with Crippen molar-refractivity contribution < 1.29 is 22.7 Å². The van der Waals surface area contributed by atoms with Crippen LogP contribution < -0.4 is 20.2 Å². The topological polar surface area (TPSA) is 68.0 Å². The van der Waals surface area contributed by atoms with Gasteiger partial charge in [0.05, 0.1) is 26.2 Å². The first kappa shape index (κ1) is 20.0. The Morgan fingerprint density at radius 1 is 1.27 bits per heavy atom. The fraction of sp³-hybridized carbons (Fsp3) is 0.250. The number of thiocarbonyl (C=S) groups is 1. The molecule has 0 bridgehead atoms. The maximum Gasteiger partial charge on any atom is 0.284 e. The smallest absolute Gasteiger partial charge is 0.284 e. The third-order valence-electron chi connectivity index (χ3n) is 3.03. The van der Waals surface area contributed by atoms with Gasteiger partial charge in [0.15, 0.2) is 16.6 Å². The highest BCUT2D eigenvalue weighted by atomic mass is 32.2. The summed E-state index contributed by atoms with van der Waals surface area (Å²) < 4.78 is 40.0. The Morgan fingerprint density at radius 2 is 2.04 bits per heavy atom. The van der Waals surface area contributed by atoms with Gasteiger partial charge in [0.2, 0.25) is 0 Å². The number of rotatable bonds is 8. The number of hydrogen-bond acceptors (Lipinski definition) is 6. The SMILES string of the molecule is COc1ccc(NC(=S)N/N=C\c2ccc(CSC(F)F)o2)cc1OC. The molecule has 140 valence electrons. The fourth-order valence-corrected chi connectivity index (χ4v) is 2.53. The lowest BCUT2D eigenvalue weighted by atomic mass is 10.3. The van der Waals surface area contributed by atoms with Crippen LogP contribution in [-0.2, 0) is 5.75 Å². The average Bonchev–Trinajstić information content (AvgIpc) is 3.07. The zero-order chi connectivity index (χ0) is 18.9. The van der Waals surface area contributed by atoms with Gasteiger partial charge in [0.25, 0.3) is 5.76 Å². The molecular formula is C16H17F2N3O3S2. The molecule has 0 aliphatic carbocycles. The Hall–Kier alpha value is -2.33. The number of hydrazone groups is 1.